The maximum Gasteiger partial charge on any atom is 0.273 e. The molecule has 25 heavy (non-hydrogen) atoms. The number of hydrogen-bond acceptors (Lipinski definition) is 4. The van der Waals surface area contributed by atoms with E-state index in [-0.39, 0.29) is 0 Å². The normalized spacial score (nSPS) is 10.1. The molecule has 0 atom stereocenters. The van der Waals surface area contributed by atoms with Crippen LogP contribution >= 0.6 is 38.5 Å². The predicted octanol–water partition coefficient (Wildman–Crippen LogP) is 3.54. The Bertz CT molecular complexity index is 798. The minimum absolute atomic E-state index is 0.320. The summed E-state index contributed by atoms with van der Waals surface area (Å²) < 4.78 is 12.1. The van der Waals surface area contributed by atoms with E-state index in [1.807, 2.05) is 6.92 Å². The second kappa shape index (κ2) is 9.04. The van der Waals surface area contributed by atoms with Crippen molar-refractivity contribution >= 4 is 50.3 Å². The molecule has 8 heteroatoms. The van der Waals surface area contributed by atoms with Gasteiger partial charge in [0.25, 0.3) is 11.8 Å². The van der Waals surface area contributed by atoms with Crippen molar-refractivity contribution in [2.45, 2.75) is 6.92 Å². The first-order chi connectivity index (χ1) is 12.0. The highest BCUT2D eigenvalue weighted by atomic mass is 127. The molecule has 0 heterocycles. The maximum atomic E-state index is 12.3. The van der Waals surface area contributed by atoms with Crippen molar-refractivity contribution in [2.24, 2.45) is 0 Å². The van der Waals surface area contributed by atoms with Gasteiger partial charge in [0.2, 0.25) is 0 Å². The highest BCUT2D eigenvalue weighted by Gasteiger charge is 2.15. The third kappa shape index (κ3) is 5.08. The van der Waals surface area contributed by atoms with E-state index in [2.05, 4.69) is 49.4 Å². The minimum atomic E-state index is -0.471. The monoisotopic (exact) mass is 518 g/mol. The molecule has 2 N–H and O–H groups in total. The van der Waals surface area contributed by atoms with Crippen LogP contribution in [0.4, 0.5) is 0 Å². The zero-order chi connectivity index (χ0) is 18.4. The van der Waals surface area contributed by atoms with Gasteiger partial charge in [-0.05, 0) is 65.9 Å². The van der Waals surface area contributed by atoms with Crippen LogP contribution in [-0.2, 0) is 0 Å². The Hall–Kier alpha value is -1.81. The summed E-state index contributed by atoms with van der Waals surface area (Å²) in [5.74, 6) is 0.219. The molecule has 0 aliphatic carbocycles. The van der Waals surface area contributed by atoms with Gasteiger partial charge in [-0.2, -0.15) is 0 Å². The molecule has 0 radical (unpaired) electrons. The quantitative estimate of drug-likeness (QED) is 0.469. The first-order valence-corrected chi connectivity index (χ1v) is 9.20. The molecule has 0 bridgehead atoms. The molecule has 0 aliphatic heterocycles. The smallest absolute Gasteiger partial charge is 0.273 e. The number of carbonyl (C=O) groups is 2. The lowest BCUT2D eigenvalue weighted by Gasteiger charge is -2.12. The van der Waals surface area contributed by atoms with Crippen molar-refractivity contribution in [2.75, 3.05) is 13.7 Å². The van der Waals surface area contributed by atoms with Crippen LogP contribution in [0.3, 0.4) is 0 Å². The van der Waals surface area contributed by atoms with Crippen molar-refractivity contribution in [1.29, 1.82) is 0 Å². The average Bonchev–Trinajstić information content (AvgIpc) is 2.61. The molecule has 132 valence electrons. The molecule has 0 saturated carbocycles. The summed E-state index contributed by atoms with van der Waals surface area (Å²) in [4.78, 5) is 24.5. The lowest BCUT2D eigenvalue weighted by molar-refractivity contribution is 0.0844. The van der Waals surface area contributed by atoms with Crippen LogP contribution in [-0.4, -0.2) is 25.5 Å². The second-order valence-corrected chi connectivity index (χ2v) is 6.91. The van der Waals surface area contributed by atoms with Gasteiger partial charge in [0, 0.05) is 10.0 Å². The van der Waals surface area contributed by atoms with Gasteiger partial charge in [-0.25, -0.2) is 0 Å². The van der Waals surface area contributed by atoms with E-state index in [1.165, 1.54) is 0 Å². The Labute approximate surface area is 167 Å². The summed E-state index contributed by atoms with van der Waals surface area (Å²) in [5.41, 5.74) is 5.52. The van der Waals surface area contributed by atoms with Gasteiger partial charge in [-0.1, -0.05) is 15.9 Å². The Morgan fingerprint density at radius 1 is 1.08 bits per heavy atom. The van der Waals surface area contributed by atoms with Gasteiger partial charge in [0.15, 0.2) is 0 Å². The molecule has 0 unspecified atom stereocenters. The zero-order valence-corrected chi connectivity index (χ0v) is 17.3. The van der Waals surface area contributed by atoms with Crippen molar-refractivity contribution in [3.8, 4) is 11.5 Å². The van der Waals surface area contributed by atoms with Crippen molar-refractivity contribution in [3.05, 3.63) is 55.6 Å². The van der Waals surface area contributed by atoms with Gasteiger partial charge >= 0.3 is 0 Å². The largest absolute Gasteiger partial charge is 0.496 e. The van der Waals surface area contributed by atoms with E-state index in [1.54, 1.807) is 43.5 Å². The van der Waals surface area contributed by atoms with Crippen LogP contribution in [0, 0.1) is 3.57 Å². The lowest BCUT2D eigenvalue weighted by Crippen LogP contribution is -2.41. The standard InChI is InChI=1S/C17H16BrIN2O4/c1-3-25-14-7-5-11(18)9-12(14)17(23)21-20-16(22)10-4-6-15(24-2)13(19)8-10/h4-9H,3H2,1-2H3,(H,20,22)(H,21,23). The fourth-order valence-electron chi connectivity index (χ4n) is 2.02. The third-order valence-corrected chi connectivity index (χ3v) is 4.53. The van der Waals surface area contributed by atoms with Crippen LogP contribution in [0.25, 0.3) is 0 Å². The number of nitrogens with one attached hydrogen (secondary N) is 2. The Balaban J connectivity index is 2.08. The minimum Gasteiger partial charge on any atom is -0.496 e. The molecule has 0 aromatic heterocycles. The number of halogens is 2. The van der Waals surface area contributed by atoms with Gasteiger partial charge in [0.1, 0.15) is 11.5 Å². The van der Waals surface area contributed by atoms with E-state index in [0.717, 1.165) is 8.04 Å². The molecule has 0 spiro atoms. The van der Waals surface area contributed by atoms with Gasteiger partial charge in [-0.15, -0.1) is 0 Å². The first-order valence-electron chi connectivity index (χ1n) is 7.32. The number of rotatable bonds is 5. The van der Waals surface area contributed by atoms with E-state index in [9.17, 15) is 9.59 Å². The van der Waals surface area contributed by atoms with Gasteiger partial charge < -0.3 is 9.47 Å². The Kier molecular flexibility index (Phi) is 7.06. The average molecular weight is 519 g/mol. The van der Waals surface area contributed by atoms with Crippen molar-refractivity contribution < 1.29 is 19.1 Å². The van der Waals surface area contributed by atoms with E-state index in [0.29, 0.717) is 29.2 Å². The summed E-state index contributed by atoms with van der Waals surface area (Å²) in [7, 11) is 1.56. The van der Waals surface area contributed by atoms with Crippen LogP contribution in [0.15, 0.2) is 40.9 Å². The maximum absolute atomic E-state index is 12.3. The molecular formula is C17H16BrIN2O4. The Morgan fingerprint density at radius 2 is 1.76 bits per heavy atom. The lowest BCUT2D eigenvalue weighted by atomic mass is 10.2. The summed E-state index contributed by atoms with van der Waals surface area (Å²) in [6.45, 7) is 2.26. The molecule has 6 nitrogen and oxygen atoms in total. The van der Waals surface area contributed by atoms with Crippen molar-refractivity contribution in [1.82, 2.24) is 10.9 Å². The number of carbonyl (C=O) groups excluding carboxylic acids is 2. The molecule has 0 aliphatic rings. The molecule has 2 rings (SSSR count). The van der Waals surface area contributed by atoms with Gasteiger partial charge in [0.05, 0.1) is 22.9 Å². The van der Waals surface area contributed by atoms with E-state index < -0.39 is 11.8 Å². The molecule has 0 fully saturated rings. The summed E-state index contributed by atoms with van der Waals surface area (Å²) >= 11 is 5.39. The van der Waals surface area contributed by atoms with Gasteiger partial charge in [-0.3, -0.25) is 20.4 Å². The number of methoxy groups -OCH3 is 1. The first kappa shape index (κ1) is 19.5. The number of ether oxygens (including phenoxy) is 2. The van der Waals surface area contributed by atoms with E-state index in [4.69, 9.17) is 9.47 Å². The second-order valence-electron chi connectivity index (χ2n) is 4.83. The highest BCUT2D eigenvalue weighted by molar-refractivity contribution is 14.1. The third-order valence-electron chi connectivity index (χ3n) is 3.19. The van der Waals surface area contributed by atoms with E-state index >= 15 is 0 Å². The van der Waals surface area contributed by atoms with Crippen molar-refractivity contribution in [3.63, 3.8) is 0 Å². The van der Waals surface area contributed by atoms with Crippen LogP contribution in [0.5, 0.6) is 11.5 Å². The fourth-order valence-corrected chi connectivity index (χ4v) is 3.12. The number of benzene rings is 2. The Morgan fingerprint density at radius 3 is 2.40 bits per heavy atom. The number of amides is 2. The van der Waals surface area contributed by atoms with Crippen LogP contribution in [0.1, 0.15) is 27.6 Å². The summed E-state index contributed by atoms with van der Waals surface area (Å²) in [5, 5.41) is 0. The zero-order valence-electron chi connectivity index (χ0n) is 13.6. The fraction of sp³-hybridized carbons (Fsp3) is 0.176. The summed E-state index contributed by atoms with van der Waals surface area (Å²) in [6.07, 6.45) is 0. The molecule has 2 amide bonds. The number of hydrogen-bond donors (Lipinski definition) is 2. The molecule has 2 aromatic carbocycles. The molecular weight excluding hydrogens is 503 g/mol. The van der Waals surface area contributed by atoms with Crippen LogP contribution in [0.2, 0.25) is 0 Å². The SMILES string of the molecule is CCOc1ccc(Br)cc1C(=O)NNC(=O)c1ccc(OC)c(I)c1. The summed E-state index contributed by atoms with van der Waals surface area (Å²) in [6, 6.07) is 10.1. The molecule has 2 aromatic rings. The number of hydrazine groups is 1. The van der Waals surface area contributed by atoms with Crippen LogP contribution < -0.4 is 20.3 Å². The molecule has 0 saturated heterocycles. The predicted molar refractivity (Wildman–Crippen MR) is 106 cm³/mol. The topological polar surface area (TPSA) is 76.7 Å². The highest BCUT2D eigenvalue weighted by Crippen LogP contribution is 2.23.